The van der Waals surface area contributed by atoms with Gasteiger partial charge in [-0.15, -0.1) is 0 Å². The number of benzene rings is 2. The number of nitrogens with one attached hydrogen (secondary N) is 1. The maximum absolute atomic E-state index is 12.6. The molecule has 6 nitrogen and oxygen atoms in total. The number of carbonyl (C=O) groups excluding carboxylic acids is 2. The fourth-order valence-corrected chi connectivity index (χ4v) is 2.74. The molecule has 0 aliphatic carbocycles. The van der Waals surface area contributed by atoms with Crippen LogP contribution in [0, 0.1) is 0 Å². The van der Waals surface area contributed by atoms with Gasteiger partial charge in [0.05, 0.1) is 6.54 Å². The van der Waals surface area contributed by atoms with Crippen LogP contribution in [0.15, 0.2) is 48.5 Å². The minimum atomic E-state index is -0.319. The molecule has 0 saturated carbocycles. The Bertz CT molecular complexity index is 790. The van der Waals surface area contributed by atoms with Gasteiger partial charge in [0.25, 0.3) is 5.91 Å². The zero-order valence-electron chi connectivity index (χ0n) is 14.9. The van der Waals surface area contributed by atoms with Crippen molar-refractivity contribution < 1.29 is 19.1 Å². The van der Waals surface area contributed by atoms with E-state index in [1.165, 1.54) is 0 Å². The quantitative estimate of drug-likeness (QED) is 0.866. The average Bonchev–Trinajstić information content (AvgIpc) is 3.12. The highest BCUT2D eigenvalue weighted by Crippen LogP contribution is 2.32. The maximum Gasteiger partial charge on any atom is 0.251 e. The highest BCUT2D eigenvalue weighted by Gasteiger charge is 2.20. The number of rotatable bonds is 6. The SMILES string of the molecule is CC(C)N(Cc1ccccc1)C(=O)CNC(=O)c1ccc2c(c1)OCO2. The molecule has 1 heterocycles. The van der Waals surface area contributed by atoms with Crippen LogP contribution in [0.25, 0.3) is 0 Å². The van der Waals surface area contributed by atoms with Crippen LogP contribution in [0.2, 0.25) is 0 Å². The summed E-state index contributed by atoms with van der Waals surface area (Å²) >= 11 is 0. The van der Waals surface area contributed by atoms with Crippen molar-refractivity contribution in [3.63, 3.8) is 0 Å². The summed E-state index contributed by atoms with van der Waals surface area (Å²) in [6.45, 7) is 4.53. The Labute approximate surface area is 152 Å². The van der Waals surface area contributed by atoms with E-state index in [-0.39, 0.29) is 31.2 Å². The monoisotopic (exact) mass is 354 g/mol. The second-order valence-corrected chi connectivity index (χ2v) is 6.35. The molecule has 0 unspecified atom stereocenters. The zero-order chi connectivity index (χ0) is 18.5. The number of amides is 2. The van der Waals surface area contributed by atoms with Gasteiger partial charge in [0, 0.05) is 18.2 Å². The van der Waals surface area contributed by atoms with Gasteiger partial charge in [-0.1, -0.05) is 30.3 Å². The molecule has 3 rings (SSSR count). The van der Waals surface area contributed by atoms with Crippen LogP contribution in [0.5, 0.6) is 11.5 Å². The fraction of sp³-hybridized carbons (Fsp3) is 0.300. The predicted octanol–water partition coefficient (Wildman–Crippen LogP) is 2.58. The molecule has 0 spiro atoms. The highest BCUT2D eigenvalue weighted by atomic mass is 16.7. The van der Waals surface area contributed by atoms with Crippen molar-refractivity contribution in [2.45, 2.75) is 26.4 Å². The lowest BCUT2D eigenvalue weighted by Gasteiger charge is -2.27. The minimum Gasteiger partial charge on any atom is -0.454 e. The first-order valence-corrected chi connectivity index (χ1v) is 8.56. The third-order valence-corrected chi connectivity index (χ3v) is 4.17. The van der Waals surface area contributed by atoms with E-state index in [1.54, 1.807) is 23.1 Å². The van der Waals surface area contributed by atoms with Gasteiger partial charge in [-0.3, -0.25) is 9.59 Å². The molecule has 0 radical (unpaired) electrons. The van der Waals surface area contributed by atoms with Crippen LogP contribution in [-0.2, 0) is 11.3 Å². The summed E-state index contributed by atoms with van der Waals surface area (Å²) in [5.41, 5.74) is 1.48. The summed E-state index contributed by atoms with van der Waals surface area (Å²) < 4.78 is 10.5. The Hall–Kier alpha value is -3.02. The molecule has 0 atom stereocenters. The summed E-state index contributed by atoms with van der Waals surface area (Å²) in [6.07, 6.45) is 0. The first-order valence-electron chi connectivity index (χ1n) is 8.56. The summed E-state index contributed by atoms with van der Waals surface area (Å²) in [6, 6.07) is 14.8. The highest BCUT2D eigenvalue weighted by molar-refractivity contribution is 5.97. The van der Waals surface area contributed by atoms with Gasteiger partial charge < -0.3 is 19.7 Å². The van der Waals surface area contributed by atoms with E-state index in [2.05, 4.69) is 5.32 Å². The van der Waals surface area contributed by atoms with Gasteiger partial charge in [-0.25, -0.2) is 0 Å². The van der Waals surface area contributed by atoms with Crippen molar-refractivity contribution in [3.8, 4) is 11.5 Å². The van der Waals surface area contributed by atoms with Crippen molar-refractivity contribution in [1.82, 2.24) is 10.2 Å². The topological polar surface area (TPSA) is 67.9 Å². The van der Waals surface area contributed by atoms with Crippen LogP contribution in [-0.4, -0.2) is 36.1 Å². The van der Waals surface area contributed by atoms with E-state index in [0.29, 0.717) is 23.6 Å². The lowest BCUT2D eigenvalue weighted by Crippen LogP contribution is -2.43. The molecular weight excluding hydrogens is 332 g/mol. The fourth-order valence-electron chi connectivity index (χ4n) is 2.74. The van der Waals surface area contributed by atoms with Gasteiger partial charge in [0.1, 0.15) is 0 Å². The molecule has 136 valence electrons. The Balaban J connectivity index is 1.60. The zero-order valence-corrected chi connectivity index (χ0v) is 14.9. The van der Waals surface area contributed by atoms with Gasteiger partial charge in [-0.2, -0.15) is 0 Å². The van der Waals surface area contributed by atoms with E-state index in [4.69, 9.17) is 9.47 Å². The normalized spacial score (nSPS) is 12.1. The van der Waals surface area contributed by atoms with Crippen LogP contribution in [0.1, 0.15) is 29.8 Å². The molecule has 6 heteroatoms. The number of fused-ring (bicyclic) bond motifs is 1. The summed E-state index contributed by atoms with van der Waals surface area (Å²) in [4.78, 5) is 26.6. The maximum atomic E-state index is 12.6. The van der Waals surface area contributed by atoms with Crippen molar-refractivity contribution in [3.05, 3.63) is 59.7 Å². The van der Waals surface area contributed by atoms with E-state index < -0.39 is 0 Å². The van der Waals surface area contributed by atoms with E-state index >= 15 is 0 Å². The number of nitrogens with zero attached hydrogens (tertiary/aromatic N) is 1. The lowest BCUT2D eigenvalue weighted by molar-refractivity contribution is -0.132. The summed E-state index contributed by atoms with van der Waals surface area (Å²) in [7, 11) is 0. The Morgan fingerprint density at radius 1 is 1.08 bits per heavy atom. The van der Waals surface area contributed by atoms with Crippen LogP contribution < -0.4 is 14.8 Å². The number of hydrogen-bond donors (Lipinski definition) is 1. The summed E-state index contributed by atoms with van der Waals surface area (Å²) in [5.74, 6) is 0.710. The molecule has 1 N–H and O–H groups in total. The standard InChI is InChI=1S/C20H22N2O4/c1-14(2)22(12-15-6-4-3-5-7-15)19(23)11-21-20(24)16-8-9-17-18(10-16)26-13-25-17/h3-10,14H,11-13H2,1-2H3,(H,21,24). The van der Waals surface area contributed by atoms with Gasteiger partial charge in [0.15, 0.2) is 11.5 Å². The molecule has 0 fully saturated rings. The molecule has 1 aliphatic rings. The number of ether oxygens (including phenoxy) is 2. The van der Waals surface area contributed by atoms with E-state index in [9.17, 15) is 9.59 Å². The molecule has 1 aliphatic heterocycles. The second-order valence-electron chi connectivity index (χ2n) is 6.35. The third-order valence-electron chi connectivity index (χ3n) is 4.17. The average molecular weight is 354 g/mol. The summed E-state index contributed by atoms with van der Waals surface area (Å²) in [5, 5.41) is 2.68. The van der Waals surface area contributed by atoms with Crippen molar-refractivity contribution >= 4 is 11.8 Å². The molecule has 2 aromatic carbocycles. The molecule has 0 aromatic heterocycles. The Morgan fingerprint density at radius 3 is 2.54 bits per heavy atom. The van der Waals surface area contributed by atoms with Crippen molar-refractivity contribution in [2.24, 2.45) is 0 Å². The molecule has 26 heavy (non-hydrogen) atoms. The van der Waals surface area contributed by atoms with Gasteiger partial charge in [0.2, 0.25) is 12.7 Å². The molecular formula is C20H22N2O4. The third kappa shape index (κ3) is 4.14. The molecule has 0 saturated heterocycles. The number of hydrogen-bond acceptors (Lipinski definition) is 4. The minimum absolute atomic E-state index is 0.0325. The van der Waals surface area contributed by atoms with Crippen molar-refractivity contribution in [1.29, 1.82) is 0 Å². The van der Waals surface area contributed by atoms with Gasteiger partial charge >= 0.3 is 0 Å². The first-order chi connectivity index (χ1) is 12.5. The van der Waals surface area contributed by atoms with Crippen molar-refractivity contribution in [2.75, 3.05) is 13.3 Å². The Morgan fingerprint density at radius 2 is 1.81 bits per heavy atom. The van der Waals surface area contributed by atoms with Gasteiger partial charge in [-0.05, 0) is 37.6 Å². The first kappa shape index (κ1) is 17.8. The smallest absolute Gasteiger partial charge is 0.251 e. The largest absolute Gasteiger partial charge is 0.454 e. The predicted molar refractivity (Wildman–Crippen MR) is 97.0 cm³/mol. The van der Waals surface area contributed by atoms with Crippen LogP contribution in [0.3, 0.4) is 0 Å². The Kier molecular flexibility index (Phi) is 5.41. The van der Waals surface area contributed by atoms with E-state index in [1.807, 2.05) is 44.2 Å². The molecule has 2 amide bonds. The van der Waals surface area contributed by atoms with Crippen LogP contribution in [0.4, 0.5) is 0 Å². The number of carbonyl (C=O) groups is 2. The van der Waals surface area contributed by atoms with E-state index in [0.717, 1.165) is 5.56 Å². The lowest BCUT2D eigenvalue weighted by atomic mass is 10.1. The molecule has 2 aromatic rings. The molecule has 0 bridgehead atoms. The van der Waals surface area contributed by atoms with Crippen LogP contribution >= 0.6 is 0 Å². The second kappa shape index (κ2) is 7.91.